The molecular formula is C21H31N3O4S. The Kier molecular flexibility index (Phi) is 6.93. The molecule has 7 nitrogen and oxygen atoms in total. The second-order valence-corrected chi connectivity index (χ2v) is 11.0. The first-order valence-electron chi connectivity index (χ1n) is 10.5. The fourth-order valence-electron chi connectivity index (χ4n) is 4.38. The highest BCUT2D eigenvalue weighted by molar-refractivity contribution is 7.93. The normalized spacial score (nSPS) is 20.8. The second-order valence-electron chi connectivity index (χ2n) is 8.38. The molecule has 1 unspecified atom stereocenters. The van der Waals surface area contributed by atoms with Crippen molar-refractivity contribution < 1.29 is 13.8 Å². The average molecular weight is 422 g/mol. The lowest BCUT2D eigenvalue weighted by Gasteiger charge is -2.32. The van der Waals surface area contributed by atoms with Gasteiger partial charge in [0.15, 0.2) is 0 Å². The van der Waals surface area contributed by atoms with Crippen molar-refractivity contribution in [2.45, 2.75) is 56.6 Å². The van der Waals surface area contributed by atoms with Crippen molar-refractivity contribution in [3.8, 4) is 0 Å². The SMILES string of the molecule is Cn1cccc(C(=O)N2CCC(S(C)(=O)=NC(=O)CC3CCCCC3)CC2)c1=O. The molecule has 2 heterocycles. The molecule has 2 fully saturated rings. The van der Waals surface area contributed by atoms with Crippen LogP contribution in [0.15, 0.2) is 27.5 Å². The van der Waals surface area contributed by atoms with Gasteiger partial charge in [-0.3, -0.25) is 14.4 Å². The molecule has 1 saturated carbocycles. The molecule has 0 N–H and O–H groups in total. The Balaban J connectivity index is 1.60. The van der Waals surface area contributed by atoms with Gasteiger partial charge >= 0.3 is 0 Å². The molecule has 0 spiro atoms. The van der Waals surface area contributed by atoms with Crippen molar-refractivity contribution in [2.24, 2.45) is 17.3 Å². The van der Waals surface area contributed by atoms with Crippen molar-refractivity contribution in [3.63, 3.8) is 0 Å². The van der Waals surface area contributed by atoms with E-state index >= 15 is 0 Å². The molecule has 1 aromatic rings. The summed E-state index contributed by atoms with van der Waals surface area (Å²) in [6, 6.07) is 3.22. The Labute approximate surface area is 172 Å². The summed E-state index contributed by atoms with van der Waals surface area (Å²) in [6.07, 6.45) is 10.3. The molecule has 1 aliphatic carbocycles. The number of likely N-dealkylation sites (tertiary alicyclic amines) is 1. The molecule has 0 radical (unpaired) electrons. The zero-order chi connectivity index (χ0) is 21.0. The molecule has 8 heteroatoms. The first kappa shape index (κ1) is 21.7. The first-order valence-corrected chi connectivity index (χ1v) is 12.5. The molecule has 1 saturated heterocycles. The van der Waals surface area contributed by atoms with Crippen molar-refractivity contribution >= 4 is 21.5 Å². The van der Waals surface area contributed by atoms with Gasteiger partial charge in [0.25, 0.3) is 17.4 Å². The molecular weight excluding hydrogens is 390 g/mol. The van der Waals surface area contributed by atoms with Gasteiger partial charge in [-0.2, -0.15) is 4.36 Å². The predicted octanol–water partition coefficient (Wildman–Crippen LogP) is 2.58. The largest absolute Gasteiger partial charge is 0.338 e. The number of nitrogens with zero attached hydrogens (tertiary/aromatic N) is 3. The van der Waals surface area contributed by atoms with Gasteiger partial charge in [-0.1, -0.05) is 19.3 Å². The Morgan fingerprint density at radius 1 is 1.14 bits per heavy atom. The van der Waals surface area contributed by atoms with Crippen LogP contribution in [-0.4, -0.2) is 50.1 Å². The molecule has 1 aromatic heterocycles. The van der Waals surface area contributed by atoms with Crippen LogP contribution in [0.2, 0.25) is 0 Å². The second kappa shape index (κ2) is 9.24. The van der Waals surface area contributed by atoms with E-state index in [1.807, 2.05) is 0 Å². The van der Waals surface area contributed by atoms with Gasteiger partial charge in [0, 0.05) is 44.3 Å². The van der Waals surface area contributed by atoms with Gasteiger partial charge in [0.2, 0.25) is 0 Å². The molecule has 2 amide bonds. The molecule has 29 heavy (non-hydrogen) atoms. The standard InChI is InChI=1S/C21H31N3O4S/c1-23-12-6-9-18(20(23)26)21(27)24-13-10-17(11-14-24)29(2,28)22-19(25)15-16-7-4-3-5-8-16/h6,9,12,16-17H,3-5,7-8,10-11,13-15H2,1-2H3. The van der Waals surface area contributed by atoms with Crippen LogP contribution in [0.25, 0.3) is 0 Å². The number of carbonyl (C=O) groups excluding carboxylic acids is 2. The van der Waals surface area contributed by atoms with Crippen molar-refractivity contribution in [3.05, 3.63) is 34.2 Å². The zero-order valence-corrected chi connectivity index (χ0v) is 18.2. The number of piperidine rings is 1. The van der Waals surface area contributed by atoms with Gasteiger partial charge in [-0.15, -0.1) is 0 Å². The Hall–Kier alpha value is -1.96. The monoisotopic (exact) mass is 421 g/mol. The van der Waals surface area contributed by atoms with Gasteiger partial charge in [0.1, 0.15) is 5.56 Å². The molecule has 1 aliphatic heterocycles. The maximum atomic E-state index is 13.1. The van der Waals surface area contributed by atoms with Crippen LogP contribution in [0.3, 0.4) is 0 Å². The fraction of sp³-hybridized carbons (Fsp3) is 0.667. The third-order valence-corrected chi connectivity index (χ3v) is 8.45. The molecule has 2 aliphatic rings. The minimum absolute atomic E-state index is 0.151. The fourth-order valence-corrected chi connectivity index (χ4v) is 6.09. The number of amides is 2. The van der Waals surface area contributed by atoms with E-state index in [1.54, 1.807) is 36.5 Å². The minimum atomic E-state index is -2.64. The van der Waals surface area contributed by atoms with E-state index in [9.17, 15) is 18.6 Å². The number of aryl methyl sites for hydroxylation is 1. The van der Waals surface area contributed by atoms with Crippen LogP contribution in [0.1, 0.15) is 61.7 Å². The lowest BCUT2D eigenvalue weighted by atomic mass is 9.87. The van der Waals surface area contributed by atoms with E-state index in [0.717, 1.165) is 25.7 Å². The zero-order valence-electron chi connectivity index (χ0n) is 17.3. The van der Waals surface area contributed by atoms with Crippen molar-refractivity contribution in [2.75, 3.05) is 19.3 Å². The van der Waals surface area contributed by atoms with Gasteiger partial charge in [-0.25, -0.2) is 4.21 Å². The Morgan fingerprint density at radius 3 is 2.45 bits per heavy atom. The topological polar surface area (TPSA) is 88.8 Å². The van der Waals surface area contributed by atoms with E-state index in [-0.39, 0.29) is 28.2 Å². The number of rotatable bonds is 4. The molecule has 160 valence electrons. The van der Waals surface area contributed by atoms with Gasteiger partial charge in [-0.05, 0) is 43.7 Å². The smallest absolute Gasteiger partial charge is 0.263 e. The summed E-state index contributed by atoms with van der Waals surface area (Å²) in [4.78, 5) is 38.9. The highest BCUT2D eigenvalue weighted by atomic mass is 32.2. The maximum Gasteiger partial charge on any atom is 0.263 e. The highest BCUT2D eigenvalue weighted by Crippen LogP contribution is 2.27. The van der Waals surface area contributed by atoms with Crippen LogP contribution < -0.4 is 5.56 Å². The van der Waals surface area contributed by atoms with Gasteiger partial charge < -0.3 is 9.47 Å². The quantitative estimate of drug-likeness (QED) is 0.747. The van der Waals surface area contributed by atoms with E-state index in [4.69, 9.17) is 0 Å². The first-order chi connectivity index (χ1) is 13.8. The van der Waals surface area contributed by atoms with Crippen molar-refractivity contribution in [1.82, 2.24) is 9.47 Å². The summed E-state index contributed by atoms with van der Waals surface area (Å²) in [5.41, 5.74) is -0.166. The number of carbonyl (C=O) groups is 2. The Morgan fingerprint density at radius 2 is 1.79 bits per heavy atom. The lowest BCUT2D eigenvalue weighted by Crippen LogP contribution is -2.44. The summed E-state index contributed by atoms with van der Waals surface area (Å²) >= 11 is 0. The molecule has 3 rings (SSSR count). The summed E-state index contributed by atoms with van der Waals surface area (Å²) in [5, 5.41) is -0.208. The lowest BCUT2D eigenvalue weighted by molar-refractivity contribution is -0.118. The van der Waals surface area contributed by atoms with Gasteiger partial charge in [0.05, 0.1) is 9.73 Å². The van der Waals surface area contributed by atoms with E-state index in [1.165, 1.54) is 11.0 Å². The van der Waals surface area contributed by atoms with E-state index in [0.29, 0.717) is 38.3 Å². The third-order valence-electron chi connectivity index (χ3n) is 6.17. The predicted molar refractivity (Wildman–Crippen MR) is 113 cm³/mol. The summed E-state index contributed by atoms with van der Waals surface area (Å²) in [7, 11) is -1.03. The number of aromatic nitrogens is 1. The number of hydrogen-bond acceptors (Lipinski definition) is 4. The van der Waals surface area contributed by atoms with Crippen LogP contribution in [0.5, 0.6) is 0 Å². The van der Waals surface area contributed by atoms with E-state index in [2.05, 4.69) is 4.36 Å². The molecule has 1 atom stereocenters. The third kappa shape index (κ3) is 5.35. The molecule has 0 bridgehead atoms. The number of pyridine rings is 1. The summed E-state index contributed by atoms with van der Waals surface area (Å²) in [5.74, 6) is -0.156. The summed E-state index contributed by atoms with van der Waals surface area (Å²) in [6.45, 7) is 0.831. The highest BCUT2D eigenvalue weighted by Gasteiger charge is 2.30. The van der Waals surface area contributed by atoms with Crippen LogP contribution >= 0.6 is 0 Å². The Bertz CT molecular complexity index is 931. The van der Waals surface area contributed by atoms with Crippen LogP contribution in [0.4, 0.5) is 0 Å². The van der Waals surface area contributed by atoms with Crippen LogP contribution in [-0.2, 0) is 21.6 Å². The van der Waals surface area contributed by atoms with Crippen molar-refractivity contribution in [1.29, 1.82) is 0 Å². The minimum Gasteiger partial charge on any atom is -0.338 e. The molecule has 0 aromatic carbocycles. The summed E-state index contributed by atoms with van der Waals surface area (Å²) < 4.78 is 18.6. The van der Waals surface area contributed by atoms with E-state index < -0.39 is 9.73 Å². The average Bonchev–Trinajstić information content (AvgIpc) is 2.70. The maximum absolute atomic E-state index is 13.1. The van der Waals surface area contributed by atoms with Crippen LogP contribution in [0, 0.1) is 5.92 Å². The number of hydrogen-bond donors (Lipinski definition) is 0.